The van der Waals surface area contributed by atoms with Crippen LogP contribution in [0.15, 0.2) is 12.3 Å². The Bertz CT molecular complexity index is 342. The van der Waals surface area contributed by atoms with Gasteiger partial charge in [-0.1, -0.05) is 0 Å². The molecule has 0 spiro atoms. The van der Waals surface area contributed by atoms with E-state index < -0.39 is 30.5 Å². The van der Waals surface area contributed by atoms with Gasteiger partial charge in [0.1, 0.15) is 12.2 Å². The first kappa shape index (κ1) is 13.4. The van der Waals surface area contributed by atoms with Crippen molar-refractivity contribution in [1.29, 1.82) is 0 Å². The van der Waals surface area contributed by atoms with E-state index in [1.54, 1.807) is 12.3 Å². The second-order valence-corrected chi connectivity index (χ2v) is 4.39. The van der Waals surface area contributed by atoms with E-state index >= 15 is 0 Å². The second kappa shape index (κ2) is 5.77. The standard InChI is InChI=1S/C11H18N2O5/c1-17-11-10(16)7(4-6-2-3-12-13-6)9(15)8(5-14)18-11/h2-3,7-11,14-16H,4-5H2,1H3,(H,12,13)/t7-,8-,9+,10+,11+/m1/s1. The average molecular weight is 258 g/mol. The Morgan fingerprint density at radius 1 is 1.44 bits per heavy atom. The molecule has 1 aromatic heterocycles. The van der Waals surface area contributed by atoms with E-state index in [1.807, 2.05) is 0 Å². The van der Waals surface area contributed by atoms with Gasteiger partial charge in [0.05, 0.1) is 12.7 Å². The molecule has 0 radical (unpaired) electrons. The van der Waals surface area contributed by atoms with Gasteiger partial charge in [-0.05, 0) is 12.5 Å². The highest BCUT2D eigenvalue weighted by molar-refractivity contribution is 5.03. The Labute approximate surface area is 104 Å². The number of rotatable bonds is 4. The summed E-state index contributed by atoms with van der Waals surface area (Å²) in [5, 5.41) is 35.9. The van der Waals surface area contributed by atoms with Gasteiger partial charge in [-0.15, -0.1) is 0 Å². The molecule has 2 rings (SSSR count). The molecule has 0 aromatic carbocycles. The Morgan fingerprint density at radius 3 is 2.78 bits per heavy atom. The maximum Gasteiger partial charge on any atom is 0.184 e. The molecule has 7 heteroatoms. The number of aliphatic hydroxyl groups excluding tert-OH is 3. The number of H-pyrrole nitrogens is 1. The number of aliphatic hydroxyl groups is 3. The predicted molar refractivity (Wildman–Crippen MR) is 60.6 cm³/mol. The SMILES string of the molecule is CO[C@H]1O[C@H](CO)[C@@H](O)[C@@H](Cc2ccn[nH]2)[C@@H]1O. The summed E-state index contributed by atoms with van der Waals surface area (Å²) >= 11 is 0. The lowest BCUT2D eigenvalue weighted by atomic mass is 9.85. The summed E-state index contributed by atoms with van der Waals surface area (Å²) in [6.07, 6.45) is -1.52. The van der Waals surface area contributed by atoms with Gasteiger partial charge in [-0.2, -0.15) is 5.10 Å². The van der Waals surface area contributed by atoms with Crippen molar-refractivity contribution in [2.75, 3.05) is 13.7 Å². The largest absolute Gasteiger partial charge is 0.394 e. The lowest BCUT2D eigenvalue weighted by molar-refractivity contribution is -0.282. The summed E-state index contributed by atoms with van der Waals surface area (Å²) < 4.78 is 10.3. The molecular formula is C11H18N2O5. The molecule has 1 aromatic rings. The molecule has 0 amide bonds. The van der Waals surface area contributed by atoms with Crippen molar-refractivity contribution >= 4 is 0 Å². The van der Waals surface area contributed by atoms with Crippen molar-refractivity contribution in [3.05, 3.63) is 18.0 Å². The third-order valence-electron chi connectivity index (χ3n) is 3.27. The molecule has 0 bridgehead atoms. The fraction of sp³-hybridized carbons (Fsp3) is 0.727. The minimum absolute atomic E-state index is 0.326. The topological polar surface area (TPSA) is 108 Å². The first-order valence-corrected chi connectivity index (χ1v) is 5.81. The van der Waals surface area contributed by atoms with Crippen LogP contribution in [0.1, 0.15) is 5.69 Å². The van der Waals surface area contributed by atoms with Gasteiger partial charge in [-0.3, -0.25) is 5.10 Å². The smallest absolute Gasteiger partial charge is 0.184 e. The maximum atomic E-state index is 10.1. The van der Waals surface area contributed by atoms with Gasteiger partial charge in [0.2, 0.25) is 0 Å². The molecular weight excluding hydrogens is 240 g/mol. The fourth-order valence-corrected chi connectivity index (χ4v) is 2.25. The average Bonchev–Trinajstić information content (AvgIpc) is 2.88. The summed E-state index contributed by atoms with van der Waals surface area (Å²) in [4.78, 5) is 0. The van der Waals surface area contributed by atoms with Crippen LogP contribution < -0.4 is 0 Å². The summed E-state index contributed by atoms with van der Waals surface area (Å²) in [6, 6.07) is 1.77. The Hall–Kier alpha value is -0.990. The lowest BCUT2D eigenvalue weighted by Crippen LogP contribution is -2.56. The molecule has 0 unspecified atom stereocenters. The molecule has 1 saturated heterocycles. The highest BCUT2D eigenvalue weighted by Crippen LogP contribution is 2.28. The minimum Gasteiger partial charge on any atom is -0.394 e. The quantitative estimate of drug-likeness (QED) is 0.532. The molecule has 0 aliphatic carbocycles. The Balaban J connectivity index is 2.13. The van der Waals surface area contributed by atoms with Crippen LogP contribution in [-0.2, 0) is 15.9 Å². The van der Waals surface area contributed by atoms with Gasteiger partial charge in [0.15, 0.2) is 6.29 Å². The van der Waals surface area contributed by atoms with Gasteiger partial charge < -0.3 is 24.8 Å². The van der Waals surface area contributed by atoms with Gasteiger partial charge in [-0.25, -0.2) is 0 Å². The number of hydrogen-bond acceptors (Lipinski definition) is 6. The zero-order valence-corrected chi connectivity index (χ0v) is 10.1. The van der Waals surface area contributed by atoms with E-state index in [0.29, 0.717) is 6.42 Å². The normalized spacial score (nSPS) is 36.8. The van der Waals surface area contributed by atoms with E-state index in [2.05, 4.69) is 10.2 Å². The zero-order valence-electron chi connectivity index (χ0n) is 10.1. The molecule has 7 nitrogen and oxygen atoms in total. The van der Waals surface area contributed by atoms with Crippen LogP contribution in [0, 0.1) is 5.92 Å². The number of methoxy groups -OCH3 is 1. The van der Waals surface area contributed by atoms with Crippen LogP contribution in [0.2, 0.25) is 0 Å². The van der Waals surface area contributed by atoms with Crippen molar-refractivity contribution in [3.63, 3.8) is 0 Å². The number of hydrogen-bond donors (Lipinski definition) is 4. The molecule has 2 heterocycles. The number of ether oxygens (including phenoxy) is 2. The van der Waals surface area contributed by atoms with E-state index in [1.165, 1.54) is 7.11 Å². The summed E-state index contributed by atoms with van der Waals surface area (Å²) in [5.41, 5.74) is 0.798. The van der Waals surface area contributed by atoms with Crippen molar-refractivity contribution in [3.8, 4) is 0 Å². The van der Waals surface area contributed by atoms with Crippen LogP contribution in [0.3, 0.4) is 0 Å². The van der Waals surface area contributed by atoms with Crippen LogP contribution in [-0.4, -0.2) is 63.8 Å². The van der Waals surface area contributed by atoms with Crippen molar-refractivity contribution in [2.45, 2.75) is 31.0 Å². The summed E-state index contributed by atoms with van der Waals surface area (Å²) in [7, 11) is 1.41. The highest BCUT2D eigenvalue weighted by Gasteiger charge is 2.44. The van der Waals surface area contributed by atoms with Crippen LogP contribution in [0.4, 0.5) is 0 Å². The van der Waals surface area contributed by atoms with Gasteiger partial charge in [0, 0.05) is 24.9 Å². The number of nitrogens with one attached hydrogen (secondary N) is 1. The minimum atomic E-state index is -0.962. The highest BCUT2D eigenvalue weighted by atomic mass is 16.7. The number of aromatic amines is 1. The zero-order chi connectivity index (χ0) is 13.1. The van der Waals surface area contributed by atoms with E-state index in [9.17, 15) is 10.2 Å². The summed E-state index contributed by atoms with van der Waals surface area (Å²) in [5.74, 6) is -0.485. The Kier molecular flexibility index (Phi) is 4.31. The lowest BCUT2D eigenvalue weighted by Gasteiger charge is -2.41. The Morgan fingerprint density at radius 2 is 2.22 bits per heavy atom. The van der Waals surface area contributed by atoms with Crippen molar-refractivity contribution < 1.29 is 24.8 Å². The summed E-state index contributed by atoms with van der Waals surface area (Å²) in [6.45, 7) is -0.326. The first-order chi connectivity index (χ1) is 8.67. The second-order valence-electron chi connectivity index (χ2n) is 4.39. The third-order valence-corrected chi connectivity index (χ3v) is 3.27. The fourth-order valence-electron chi connectivity index (χ4n) is 2.25. The van der Waals surface area contributed by atoms with E-state index in [4.69, 9.17) is 14.6 Å². The predicted octanol–water partition coefficient (Wildman–Crippen LogP) is -1.35. The molecule has 1 aliphatic rings. The molecule has 18 heavy (non-hydrogen) atoms. The molecule has 1 fully saturated rings. The van der Waals surface area contributed by atoms with Crippen LogP contribution in [0.5, 0.6) is 0 Å². The molecule has 102 valence electrons. The van der Waals surface area contributed by atoms with Crippen molar-refractivity contribution in [1.82, 2.24) is 10.2 Å². The number of nitrogens with zero attached hydrogens (tertiary/aromatic N) is 1. The molecule has 1 aliphatic heterocycles. The number of aromatic nitrogens is 2. The van der Waals surface area contributed by atoms with E-state index in [0.717, 1.165) is 5.69 Å². The van der Waals surface area contributed by atoms with Crippen LogP contribution >= 0.6 is 0 Å². The molecule has 4 N–H and O–H groups in total. The molecule has 5 atom stereocenters. The monoisotopic (exact) mass is 258 g/mol. The van der Waals surface area contributed by atoms with Gasteiger partial charge in [0.25, 0.3) is 0 Å². The van der Waals surface area contributed by atoms with Gasteiger partial charge >= 0.3 is 0 Å². The van der Waals surface area contributed by atoms with E-state index in [-0.39, 0.29) is 6.61 Å². The first-order valence-electron chi connectivity index (χ1n) is 5.81. The van der Waals surface area contributed by atoms with Crippen molar-refractivity contribution in [2.24, 2.45) is 5.92 Å². The third kappa shape index (κ3) is 2.55. The van der Waals surface area contributed by atoms with Crippen LogP contribution in [0.25, 0.3) is 0 Å². The maximum absolute atomic E-state index is 10.1. The molecule has 0 saturated carbocycles.